The molecule has 0 heterocycles. The number of carbonyl (C=O) groups is 2. The number of ether oxygens (including phenoxy) is 2. The summed E-state index contributed by atoms with van der Waals surface area (Å²) in [6.07, 6.45) is 0.154. The van der Waals surface area contributed by atoms with Gasteiger partial charge in [-0.15, -0.1) is 0 Å². The highest BCUT2D eigenvalue weighted by molar-refractivity contribution is 7.92. The monoisotopic (exact) mass is 683 g/mol. The summed E-state index contributed by atoms with van der Waals surface area (Å²) in [5.41, 5.74) is 2.37. The number of nitrogens with one attached hydrogen (secondary N) is 1. The lowest BCUT2D eigenvalue weighted by Gasteiger charge is -2.34. The zero-order chi connectivity index (χ0) is 33.4. The molecule has 0 aromatic heterocycles. The molecule has 46 heavy (non-hydrogen) atoms. The van der Waals surface area contributed by atoms with E-state index in [-0.39, 0.29) is 29.3 Å². The average molecular weight is 685 g/mol. The van der Waals surface area contributed by atoms with Crippen LogP contribution in [0, 0.1) is 6.92 Å². The normalized spacial score (nSPS) is 11.8. The van der Waals surface area contributed by atoms with Gasteiger partial charge in [0.1, 0.15) is 12.6 Å². The minimum absolute atomic E-state index is 0.119. The number of sulfonamides is 1. The summed E-state index contributed by atoms with van der Waals surface area (Å²) in [5.74, 6) is -0.539. The van der Waals surface area contributed by atoms with E-state index in [0.29, 0.717) is 21.4 Å². The Morgan fingerprint density at radius 1 is 0.848 bits per heavy atom. The molecule has 4 rings (SSSR count). The maximum absolute atomic E-state index is 14.5. The van der Waals surface area contributed by atoms with Crippen molar-refractivity contribution in [3.63, 3.8) is 0 Å². The summed E-state index contributed by atoms with van der Waals surface area (Å²) in [6, 6.07) is 24.1. The van der Waals surface area contributed by atoms with Gasteiger partial charge in [-0.25, -0.2) is 8.42 Å². The SMILES string of the molecule is CNC(=O)[C@@H](Cc1ccccc1)N(Cc1c(Cl)cccc1Cl)C(=O)CN(c1ccc(C)cc1)S(=O)(=O)c1ccc(OC)c(OC)c1. The van der Waals surface area contributed by atoms with E-state index < -0.39 is 34.4 Å². The molecule has 0 bridgehead atoms. The summed E-state index contributed by atoms with van der Waals surface area (Å²) in [4.78, 5) is 29.1. The van der Waals surface area contributed by atoms with Crippen LogP contribution in [-0.2, 0) is 32.6 Å². The first-order chi connectivity index (χ1) is 22.0. The molecule has 4 aromatic carbocycles. The number of carbonyl (C=O) groups excluding carboxylic acids is 2. The van der Waals surface area contributed by atoms with Crippen LogP contribution in [0.15, 0.2) is 95.9 Å². The molecule has 0 spiro atoms. The highest BCUT2D eigenvalue weighted by atomic mass is 35.5. The summed E-state index contributed by atoms with van der Waals surface area (Å²) in [7, 11) is -0.0298. The lowest BCUT2D eigenvalue weighted by atomic mass is 10.0. The molecule has 0 aliphatic carbocycles. The molecule has 0 saturated heterocycles. The van der Waals surface area contributed by atoms with Crippen molar-refractivity contribution in [3.8, 4) is 11.5 Å². The minimum Gasteiger partial charge on any atom is -0.493 e. The van der Waals surface area contributed by atoms with Crippen molar-refractivity contribution in [1.29, 1.82) is 0 Å². The highest BCUT2D eigenvalue weighted by Gasteiger charge is 2.35. The Bertz CT molecular complexity index is 1770. The van der Waals surface area contributed by atoms with Gasteiger partial charge in [0.2, 0.25) is 11.8 Å². The fourth-order valence-corrected chi connectivity index (χ4v) is 6.87. The smallest absolute Gasteiger partial charge is 0.264 e. The van der Waals surface area contributed by atoms with Gasteiger partial charge in [0, 0.05) is 41.7 Å². The third-order valence-corrected chi connectivity index (χ3v) is 9.93. The van der Waals surface area contributed by atoms with Crippen molar-refractivity contribution < 1.29 is 27.5 Å². The van der Waals surface area contributed by atoms with Gasteiger partial charge < -0.3 is 19.7 Å². The first kappa shape index (κ1) is 34.6. The second kappa shape index (κ2) is 15.4. The lowest BCUT2D eigenvalue weighted by molar-refractivity contribution is -0.139. The summed E-state index contributed by atoms with van der Waals surface area (Å²) in [5, 5.41) is 3.25. The van der Waals surface area contributed by atoms with Crippen molar-refractivity contribution in [2.24, 2.45) is 0 Å². The highest BCUT2D eigenvalue weighted by Crippen LogP contribution is 2.33. The van der Waals surface area contributed by atoms with Gasteiger partial charge in [0.05, 0.1) is 24.8 Å². The Labute approximate surface area is 279 Å². The maximum Gasteiger partial charge on any atom is 0.264 e. The van der Waals surface area contributed by atoms with E-state index >= 15 is 0 Å². The molecule has 242 valence electrons. The van der Waals surface area contributed by atoms with E-state index in [2.05, 4.69) is 5.32 Å². The second-order valence-corrected chi connectivity index (χ2v) is 13.1. The fraction of sp³-hybridized carbons (Fsp3) is 0.235. The predicted octanol–water partition coefficient (Wildman–Crippen LogP) is 5.90. The van der Waals surface area contributed by atoms with Crippen molar-refractivity contribution >= 4 is 50.7 Å². The molecule has 1 atom stereocenters. The Balaban J connectivity index is 1.84. The number of hydrogen-bond donors (Lipinski definition) is 1. The average Bonchev–Trinajstić information content (AvgIpc) is 3.06. The standard InChI is InChI=1S/C34H35Cl2N3O6S/c1-23-13-15-25(16-14-23)39(46(42,43)26-17-18-31(44-3)32(20-26)45-4)22-33(40)38(21-27-28(35)11-8-12-29(27)36)30(34(41)37-2)19-24-9-6-5-7-10-24/h5-18,20,30H,19,21-22H2,1-4H3,(H,37,41)/t30-/m1/s1. The molecule has 4 aromatic rings. The number of aryl methyl sites for hydroxylation is 1. The van der Waals surface area contributed by atoms with Crippen LogP contribution >= 0.6 is 23.2 Å². The number of amides is 2. The first-order valence-electron chi connectivity index (χ1n) is 14.3. The number of halogens is 2. The van der Waals surface area contributed by atoms with E-state index in [4.69, 9.17) is 32.7 Å². The molecular weight excluding hydrogens is 649 g/mol. The van der Waals surface area contributed by atoms with Crippen molar-refractivity contribution in [2.45, 2.75) is 30.8 Å². The van der Waals surface area contributed by atoms with Gasteiger partial charge in [-0.2, -0.15) is 0 Å². The van der Waals surface area contributed by atoms with Crippen LogP contribution in [0.3, 0.4) is 0 Å². The zero-order valence-corrected chi connectivity index (χ0v) is 28.2. The van der Waals surface area contributed by atoms with Gasteiger partial charge in [-0.05, 0) is 48.9 Å². The molecule has 12 heteroatoms. The zero-order valence-electron chi connectivity index (χ0n) is 25.9. The van der Waals surface area contributed by atoms with Crippen LogP contribution in [0.1, 0.15) is 16.7 Å². The minimum atomic E-state index is -4.36. The van der Waals surface area contributed by atoms with Gasteiger partial charge >= 0.3 is 0 Å². The number of anilines is 1. The molecular formula is C34H35Cl2N3O6S. The third kappa shape index (κ3) is 7.93. The van der Waals surface area contributed by atoms with E-state index in [1.807, 2.05) is 37.3 Å². The molecule has 0 unspecified atom stereocenters. The van der Waals surface area contributed by atoms with E-state index in [1.54, 1.807) is 42.5 Å². The van der Waals surface area contributed by atoms with Crippen molar-refractivity contribution in [3.05, 3.63) is 118 Å². The van der Waals surface area contributed by atoms with E-state index in [9.17, 15) is 18.0 Å². The molecule has 9 nitrogen and oxygen atoms in total. The Morgan fingerprint density at radius 2 is 1.48 bits per heavy atom. The summed E-state index contributed by atoms with van der Waals surface area (Å²) < 4.78 is 40.3. The van der Waals surface area contributed by atoms with Crippen molar-refractivity contribution in [1.82, 2.24) is 10.2 Å². The number of hydrogen-bond acceptors (Lipinski definition) is 6. The number of benzene rings is 4. The largest absolute Gasteiger partial charge is 0.493 e. The number of likely N-dealkylation sites (N-methyl/N-ethyl adjacent to an activating group) is 1. The maximum atomic E-state index is 14.5. The Kier molecular flexibility index (Phi) is 11.6. The van der Waals surface area contributed by atoms with Gasteiger partial charge in [0.25, 0.3) is 10.0 Å². The van der Waals surface area contributed by atoms with Crippen LogP contribution in [0.2, 0.25) is 10.0 Å². The second-order valence-electron chi connectivity index (χ2n) is 10.4. The molecule has 0 aliphatic heterocycles. The number of methoxy groups -OCH3 is 2. The lowest BCUT2D eigenvalue weighted by Crippen LogP contribution is -2.53. The molecule has 0 aliphatic rings. The molecule has 0 fully saturated rings. The molecule has 2 amide bonds. The van der Waals surface area contributed by atoms with Crippen molar-refractivity contribution in [2.75, 3.05) is 32.1 Å². The van der Waals surface area contributed by atoms with Crippen LogP contribution in [0.5, 0.6) is 11.5 Å². The van der Waals surface area contributed by atoms with Crippen LogP contribution in [0.4, 0.5) is 5.69 Å². The van der Waals surface area contributed by atoms with E-state index in [0.717, 1.165) is 15.4 Å². The predicted molar refractivity (Wildman–Crippen MR) is 180 cm³/mol. The van der Waals surface area contributed by atoms with Gasteiger partial charge in [0.15, 0.2) is 11.5 Å². The van der Waals surface area contributed by atoms with Crippen LogP contribution < -0.4 is 19.1 Å². The molecule has 0 saturated carbocycles. The van der Waals surface area contributed by atoms with Crippen LogP contribution in [0.25, 0.3) is 0 Å². The quantitative estimate of drug-likeness (QED) is 0.188. The van der Waals surface area contributed by atoms with Gasteiger partial charge in [-0.3, -0.25) is 13.9 Å². The Morgan fingerprint density at radius 3 is 2.07 bits per heavy atom. The van der Waals surface area contributed by atoms with Gasteiger partial charge in [-0.1, -0.05) is 77.3 Å². The first-order valence-corrected chi connectivity index (χ1v) is 16.5. The molecule has 0 radical (unpaired) electrons. The fourth-order valence-electron chi connectivity index (χ4n) is 4.92. The third-order valence-electron chi connectivity index (χ3n) is 7.45. The van der Waals surface area contributed by atoms with E-state index in [1.165, 1.54) is 44.4 Å². The number of nitrogens with zero attached hydrogens (tertiary/aromatic N) is 2. The number of rotatable bonds is 13. The summed E-state index contributed by atoms with van der Waals surface area (Å²) >= 11 is 13.1. The topological polar surface area (TPSA) is 105 Å². The molecule has 1 N–H and O–H groups in total. The van der Waals surface area contributed by atoms with Crippen LogP contribution in [-0.4, -0.2) is 59.0 Å². The Hall–Kier alpha value is -4.25. The summed E-state index contributed by atoms with van der Waals surface area (Å²) in [6.45, 7) is 1.08.